The topological polar surface area (TPSA) is 343 Å². The monoisotopic (exact) mass is 1850 g/mol. The first-order valence-electron chi connectivity index (χ1n) is 2.18. The van der Waals surface area contributed by atoms with Crippen LogP contribution >= 0.6 is 0 Å². The van der Waals surface area contributed by atoms with E-state index >= 15 is 0 Å². The van der Waals surface area contributed by atoms with Crippen LogP contribution in [0.25, 0.3) is 0 Å². The Balaban J connectivity index is -0.00000000929. The van der Waals surface area contributed by atoms with Gasteiger partial charge < -0.3 is 27.4 Å². The van der Waals surface area contributed by atoms with E-state index in [0.717, 1.165) is 0 Å². The van der Waals surface area contributed by atoms with Crippen molar-refractivity contribution in [2.75, 3.05) is 0 Å². The first-order valence-corrected chi connectivity index (χ1v) is 17.9. The summed E-state index contributed by atoms with van der Waals surface area (Å²) in [5.41, 5.74) is 0. The molecule has 0 amide bonds. The van der Waals surface area contributed by atoms with E-state index in [-0.39, 0.29) is 227 Å². The minimum absolute atomic E-state index is 0. The van der Waals surface area contributed by atoms with Crippen LogP contribution in [-0.4, -0.2) is 31.1 Å². The summed E-state index contributed by atoms with van der Waals surface area (Å²) in [6, 6.07) is 0. The fourth-order valence-corrected chi connectivity index (χ4v) is 22.4. The first kappa shape index (κ1) is 101. The fraction of sp³-hybridized carbons (Fsp3) is 0. The van der Waals surface area contributed by atoms with Gasteiger partial charge in [-0.15, -0.1) is 0 Å². The van der Waals surface area contributed by atoms with Gasteiger partial charge in [-0.05, 0) is 0 Å². The molecule has 0 saturated carbocycles. The summed E-state index contributed by atoms with van der Waals surface area (Å²) in [5.74, 6) is 0. The summed E-state index contributed by atoms with van der Waals surface area (Å²) in [6.45, 7) is 0. The van der Waals surface area contributed by atoms with E-state index in [1.807, 2.05) is 0 Å². The van der Waals surface area contributed by atoms with E-state index in [0.29, 0.717) is 0 Å². The standard InChI is InChI=1S/8Ag.6H2O.10O.4W/h;;;;;;;;6*1H2;;;;;;;;;;;;;;/q8*+1;;;;;;;;;;;;;;3*-1;;;;+1/p-6. The van der Waals surface area contributed by atoms with Gasteiger partial charge in [0.2, 0.25) is 0 Å². The van der Waals surface area contributed by atoms with Crippen LogP contribution in [-0.2, 0) is 271 Å². The van der Waals surface area contributed by atoms with Crippen LogP contribution in [0.5, 0.6) is 0 Å². The first-order chi connectivity index (χ1) is 5.67. The molecule has 28 heteroatoms. The molecule has 16 nitrogen and oxygen atoms in total. The van der Waals surface area contributed by atoms with Gasteiger partial charge in [0, 0.05) is 21.1 Å². The Bertz CT molecular complexity index is 482. The third kappa shape index (κ3) is 84.3. The third-order valence-electron chi connectivity index (χ3n) is 0.364. The Morgan fingerprint density at radius 3 is 0.929 bits per heavy atom. The molecular weight excluding hydrogens is 1850 g/mol. The summed E-state index contributed by atoms with van der Waals surface area (Å²) >= 11 is -22.7. The second-order valence-electron chi connectivity index (χ2n) is 1.65. The van der Waals surface area contributed by atoms with Gasteiger partial charge in [0.1, 0.15) is 0 Å². The molecule has 0 aliphatic rings. The van der Waals surface area contributed by atoms with E-state index in [1.54, 1.807) is 0 Å². The van der Waals surface area contributed by atoms with E-state index in [9.17, 15) is 28.3 Å². The molecule has 0 saturated heterocycles. The summed E-state index contributed by atoms with van der Waals surface area (Å²) < 4.78 is 92.9. The fourth-order valence-electron chi connectivity index (χ4n) is 0.253. The van der Waals surface area contributed by atoms with Crippen molar-refractivity contribution in [2.45, 2.75) is 0 Å². The van der Waals surface area contributed by atoms with Gasteiger partial charge in [0.15, 0.2) is 0 Å². The Morgan fingerprint density at radius 1 is 0.643 bits per heavy atom. The normalized spacial score (nSPS) is 8.64. The molecule has 0 aromatic heterocycles. The minimum Gasteiger partial charge on any atom is 0 e. The predicted octanol–water partition coefficient (Wildman–Crippen LogP) is -5.77. The van der Waals surface area contributed by atoms with Crippen LogP contribution in [0, 0.1) is 0 Å². The molecule has 0 unspecified atom stereocenters. The van der Waals surface area contributed by atoms with E-state index < -0.39 is 49.8 Å². The molecule has 214 valence electrons. The van der Waals surface area contributed by atoms with Crippen LogP contribution in [0.3, 0.4) is 0 Å². The van der Waals surface area contributed by atoms with Crippen molar-refractivity contribution in [3.05, 3.63) is 0 Å². The zero-order valence-electron chi connectivity index (χ0n) is 10.8. The van der Waals surface area contributed by atoms with Gasteiger partial charge >= 0.3 is 265 Å². The smallest absolute Gasteiger partial charge is 0 e. The molecule has 28 heavy (non-hydrogen) atoms. The van der Waals surface area contributed by atoms with E-state index in [4.69, 9.17) is 3.76 Å². The van der Waals surface area contributed by atoms with E-state index in [2.05, 4.69) is 4.09 Å². The molecule has 0 rings (SSSR count). The van der Waals surface area contributed by atoms with Crippen molar-refractivity contribution < 1.29 is 313 Å². The predicted molar refractivity (Wildman–Crippen MR) is 17.5 cm³/mol. The van der Waals surface area contributed by atoms with Crippen LogP contribution < -0.4 is 11.3 Å². The van der Waals surface area contributed by atoms with Gasteiger partial charge in [-0.2, -0.15) is 0 Å². The molecule has 0 fully saturated rings. The van der Waals surface area contributed by atoms with E-state index in [1.165, 1.54) is 0 Å². The number of hydrogen-bond donors (Lipinski definition) is 1. The molecule has 0 spiro atoms. The van der Waals surface area contributed by atoms with Crippen LogP contribution in [0.4, 0.5) is 0 Å². The van der Waals surface area contributed by atoms with Gasteiger partial charge in [-0.1, -0.05) is 0 Å². The zero-order valence-corrected chi connectivity index (χ0v) is 34.4. The quantitative estimate of drug-likeness (QED) is 0.256. The molecule has 0 radical (unpaired) electrons. The maximum absolute atomic E-state index is 10.3. The molecule has 0 aromatic carbocycles. The van der Waals surface area contributed by atoms with Gasteiger partial charge in [-0.3, -0.25) is 0 Å². The average molecular weight is 1860 g/mol. The average Bonchev–Trinajstić information content (AvgIpc) is 1.40. The molecule has 6 N–H and O–H groups in total. The van der Waals surface area contributed by atoms with Crippen molar-refractivity contribution in [1.29, 1.82) is 0 Å². The Morgan fingerprint density at radius 2 is 0.821 bits per heavy atom. The van der Waals surface area contributed by atoms with Crippen LogP contribution in [0.15, 0.2) is 0 Å². The molecule has 0 heterocycles. The summed E-state index contributed by atoms with van der Waals surface area (Å²) in [7, 11) is 0. The van der Waals surface area contributed by atoms with Crippen molar-refractivity contribution in [3.8, 4) is 0 Å². The molecule has 0 atom stereocenters. The minimum atomic E-state index is -8.70. The Hall–Kier alpha value is 7.24. The van der Waals surface area contributed by atoms with Crippen molar-refractivity contribution in [3.63, 3.8) is 0 Å². The molecular formula is H6Ag8O16W4. The van der Waals surface area contributed by atoms with Crippen LogP contribution in [0.1, 0.15) is 0 Å². The van der Waals surface area contributed by atoms with Crippen molar-refractivity contribution >= 4 is 0 Å². The number of hydrogen-bond acceptors (Lipinski definition) is 15. The SMILES string of the molecule is [Ag+].[Ag+].[Ag+].[Ag+].[Ag+].[Ag+].[Ag+].[Ag+].[OH-].[OH-].[OH-].[OH-].[OH-].[O]=[W](=[O])([OH])[O][W](=[O])(=[O])[O][W](=[O])([O-])([O-])[O-].[W]. The van der Waals surface area contributed by atoms with Gasteiger partial charge in [0.05, 0.1) is 0 Å². The summed E-state index contributed by atoms with van der Waals surface area (Å²) in [5, 5.41) is 0. The second-order valence-corrected chi connectivity index (χ2v) is 21.5. The summed E-state index contributed by atoms with van der Waals surface area (Å²) in [4.78, 5) is 0. The Kier molecular flexibility index (Phi) is 140. The van der Waals surface area contributed by atoms with Crippen molar-refractivity contribution in [1.82, 2.24) is 0 Å². The van der Waals surface area contributed by atoms with Crippen LogP contribution in [0.2, 0.25) is 0 Å². The molecule has 0 aromatic rings. The molecule has 0 aliphatic heterocycles. The van der Waals surface area contributed by atoms with Gasteiger partial charge in [0.25, 0.3) is 0 Å². The largest absolute Gasteiger partial charge is 0 e. The maximum Gasteiger partial charge on any atom is 0 e. The summed E-state index contributed by atoms with van der Waals surface area (Å²) in [6.07, 6.45) is 0. The second kappa shape index (κ2) is 38.8. The number of rotatable bonds is 4. The molecule has 0 bridgehead atoms. The van der Waals surface area contributed by atoms with Crippen molar-refractivity contribution in [2.24, 2.45) is 0 Å². The Labute approximate surface area is 306 Å². The zero-order chi connectivity index (χ0) is 11.9. The third-order valence-corrected chi connectivity index (χ3v) is 24.4. The maximum atomic E-state index is 10.3. The molecule has 0 aliphatic carbocycles. The van der Waals surface area contributed by atoms with Gasteiger partial charge in [-0.25, -0.2) is 0 Å².